The first-order chi connectivity index (χ1) is 9.43. The highest BCUT2D eigenvalue weighted by Gasteiger charge is 2.13. The van der Waals surface area contributed by atoms with Crippen molar-refractivity contribution >= 4 is 17.5 Å². The van der Waals surface area contributed by atoms with Crippen molar-refractivity contribution in [1.29, 1.82) is 0 Å². The minimum Gasteiger partial charge on any atom is -0.358 e. The maximum Gasteiger partial charge on any atom is 0.241 e. The first-order valence-corrected chi connectivity index (χ1v) is 6.78. The summed E-state index contributed by atoms with van der Waals surface area (Å²) in [4.78, 5) is 23.0. The minimum absolute atomic E-state index is 0.122. The van der Waals surface area contributed by atoms with E-state index in [9.17, 15) is 9.59 Å². The van der Waals surface area contributed by atoms with Crippen molar-refractivity contribution in [3.63, 3.8) is 0 Å². The molecule has 5 heteroatoms. The zero-order valence-corrected chi connectivity index (χ0v) is 12.5. The number of carbonyl (C=O) groups excluding carboxylic acids is 2. The lowest BCUT2D eigenvalue weighted by Crippen LogP contribution is -2.42. The second-order valence-electron chi connectivity index (χ2n) is 5.04. The average Bonchev–Trinajstić information content (AvgIpc) is 2.44. The van der Waals surface area contributed by atoms with Crippen LogP contribution >= 0.6 is 0 Å². The molecule has 1 aromatic carbocycles. The Bertz CT molecular complexity index is 455. The van der Waals surface area contributed by atoms with Crippen LogP contribution in [-0.2, 0) is 9.59 Å². The quantitative estimate of drug-likeness (QED) is 0.737. The van der Waals surface area contributed by atoms with E-state index < -0.39 is 6.04 Å². The fourth-order valence-corrected chi connectivity index (χ4v) is 1.63. The second-order valence-corrected chi connectivity index (χ2v) is 5.04. The van der Waals surface area contributed by atoms with Gasteiger partial charge >= 0.3 is 0 Å². The number of hydrogen-bond acceptors (Lipinski definition) is 3. The summed E-state index contributed by atoms with van der Waals surface area (Å²) in [5.41, 5.74) is 1.99. The van der Waals surface area contributed by atoms with Gasteiger partial charge in [-0.05, 0) is 30.5 Å². The fraction of sp³-hybridized carbons (Fsp3) is 0.467. The Morgan fingerprint density at radius 1 is 1.10 bits per heavy atom. The molecule has 2 amide bonds. The van der Waals surface area contributed by atoms with E-state index in [0.29, 0.717) is 5.92 Å². The highest BCUT2D eigenvalue weighted by molar-refractivity contribution is 5.94. The molecular formula is C15H23N3O2. The molecule has 1 rings (SSSR count). The van der Waals surface area contributed by atoms with Crippen LogP contribution in [0, 0.1) is 0 Å². The van der Waals surface area contributed by atoms with Crippen LogP contribution in [0.15, 0.2) is 24.3 Å². The average molecular weight is 277 g/mol. The van der Waals surface area contributed by atoms with Gasteiger partial charge in [-0.2, -0.15) is 0 Å². The summed E-state index contributed by atoms with van der Waals surface area (Å²) in [6.07, 6.45) is 0. The number of hydrogen-bond donors (Lipinski definition) is 3. The molecule has 0 aliphatic heterocycles. The van der Waals surface area contributed by atoms with Gasteiger partial charge in [-0.1, -0.05) is 26.0 Å². The van der Waals surface area contributed by atoms with Crippen LogP contribution in [0.3, 0.4) is 0 Å². The van der Waals surface area contributed by atoms with Crippen molar-refractivity contribution in [1.82, 2.24) is 10.6 Å². The van der Waals surface area contributed by atoms with Gasteiger partial charge in [0.2, 0.25) is 11.8 Å². The lowest BCUT2D eigenvalue weighted by Gasteiger charge is -2.14. The van der Waals surface area contributed by atoms with Crippen molar-refractivity contribution in [2.75, 3.05) is 18.9 Å². The van der Waals surface area contributed by atoms with E-state index in [1.54, 1.807) is 14.0 Å². The molecule has 20 heavy (non-hydrogen) atoms. The van der Waals surface area contributed by atoms with Gasteiger partial charge in [-0.3, -0.25) is 14.9 Å². The number of anilines is 1. The van der Waals surface area contributed by atoms with E-state index >= 15 is 0 Å². The van der Waals surface area contributed by atoms with Crippen LogP contribution in [0.4, 0.5) is 5.69 Å². The summed E-state index contributed by atoms with van der Waals surface area (Å²) < 4.78 is 0. The third-order valence-corrected chi connectivity index (χ3v) is 3.09. The lowest BCUT2D eigenvalue weighted by molar-refractivity contribution is -0.120. The molecule has 0 spiro atoms. The van der Waals surface area contributed by atoms with Gasteiger partial charge in [0, 0.05) is 12.7 Å². The Morgan fingerprint density at radius 3 is 2.20 bits per heavy atom. The maximum atomic E-state index is 11.9. The van der Waals surface area contributed by atoms with Crippen molar-refractivity contribution < 1.29 is 9.59 Å². The largest absolute Gasteiger partial charge is 0.358 e. The van der Waals surface area contributed by atoms with E-state index in [0.717, 1.165) is 5.69 Å². The molecule has 0 aliphatic carbocycles. The standard InChI is InChI=1S/C15H23N3O2/c1-10(2)12-5-7-13(8-6-12)18-15(20)11(3)17-9-14(19)16-4/h5-8,10-11,17H,9H2,1-4H3,(H,16,19)(H,18,20)/t11-/m1/s1. The zero-order chi connectivity index (χ0) is 15.1. The minimum atomic E-state index is -0.433. The molecular weight excluding hydrogens is 254 g/mol. The van der Waals surface area contributed by atoms with E-state index in [1.807, 2.05) is 24.3 Å². The Balaban J connectivity index is 2.50. The van der Waals surface area contributed by atoms with Crippen molar-refractivity contribution in [3.8, 4) is 0 Å². The van der Waals surface area contributed by atoms with Crippen LogP contribution in [0.5, 0.6) is 0 Å². The summed E-state index contributed by atoms with van der Waals surface area (Å²) in [5.74, 6) is 0.157. The highest BCUT2D eigenvalue weighted by atomic mass is 16.2. The Labute approximate surface area is 120 Å². The summed E-state index contributed by atoms with van der Waals surface area (Å²) in [6, 6.07) is 7.35. The van der Waals surface area contributed by atoms with Crippen molar-refractivity contribution in [2.24, 2.45) is 0 Å². The molecule has 0 heterocycles. The Hall–Kier alpha value is -1.88. The Morgan fingerprint density at radius 2 is 1.70 bits per heavy atom. The SMILES string of the molecule is CNC(=O)CN[C@H](C)C(=O)Nc1ccc(C(C)C)cc1. The Kier molecular flexibility index (Phi) is 6.18. The number of nitrogens with one attached hydrogen (secondary N) is 3. The van der Waals surface area contributed by atoms with Crippen LogP contribution < -0.4 is 16.0 Å². The van der Waals surface area contributed by atoms with Crippen LogP contribution in [0.2, 0.25) is 0 Å². The van der Waals surface area contributed by atoms with Crippen LogP contribution in [0.1, 0.15) is 32.3 Å². The van der Waals surface area contributed by atoms with Crippen LogP contribution in [0.25, 0.3) is 0 Å². The van der Waals surface area contributed by atoms with Gasteiger partial charge in [0.25, 0.3) is 0 Å². The van der Waals surface area contributed by atoms with E-state index in [1.165, 1.54) is 5.56 Å². The molecule has 0 bridgehead atoms. The number of rotatable bonds is 6. The molecule has 0 aromatic heterocycles. The van der Waals surface area contributed by atoms with Gasteiger partial charge < -0.3 is 10.6 Å². The predicted molar refractivity (Wildman–Crippen MR) is 80.7 cm³/mol. The number of amides is 2. The molecule has 0 saturated heterocycles. The monoisotopic (exact) mass is 277 g/mol. The zero-order valence-electron chi connectivity index (χ0n) is 12.5. The van der Waals surface area contributed by atoms with Gasteiger partial charge in [0.15, 0.2) is 0 Å². The number of likely N-dealkylation sites (N-methyl/N-ethyl adjacent to an activating group) is 1. The summed E-state index contributed by atoms with van der Waals surface area (Å²) in [5, 5.41) is 8.17. The summed E-state index contributed by atoms with van der Waals surface area (Å²) in [7, 11) is 1.56. The molecule has 3 N–H and O–H groups in total. The first kappa shape index (κ1) is 16.2. The normalized spacial score (nSPS) is 12.1. The third-order valence-electron chi connectivity index (χ3n) is 3.09. The van der Waals surface area contributed by atoms with Gasteiger partial charge in [-0.15, -0.1) is 0 Å². The molecule has 110 valence electrons. The molecule has 0 unspecified atom stereocenters. The topological polar surface area (TPSA) is 70.2 Å². The molecule has 5 nitrogen and oxygen atoms in total. The van der Waals surface area contributed by atoms with E-state index in [4.69, 9.17) is 0 Å². The molecule has 0 fully saturated rings. The van der Waals surface area contributed by atoms with Crippen molar-refractivity contribution in [3.05, 3.63) is 29.8 Å². The van der Waals surface area contributed by atoms with Gasteiger partial charge in [0.1, 0.15) is 0 Å². The molecule has 1 atom stereocenters. The molecule has 1 aromatic rings. The third kappa shape index (κ3) is 5.01. The second kappa shape index (κ2) is 7.65. The fourth-order valence-electron chi connectivity index (χ4n) is 1.63. The number of benzene rings is 1. The van der Waals surface area contributed by atoms with Gasteiger partial charge in [0.05, 0.1) is 12.6 Å². The summed E-state index contributed by atoms with van der Waals surface area (Å²) >= 11 is 0. The van der Waals surface area contributed by atoms with Crippen LogP contribution in [-0.4, -0.2) is 31.4 Å². The maximum absolute atomic E-state index is 11.9. The predicted octanol–water partition coefficient (Wildman–Crippen LogP) is 1.47. The molecule has 0 radical (unpaired) electrons. The first-order valence-electron chi connectivity index (χ1n) is 6.78. The van der Waals surface area contributed by atoms with Gasteiger partial charge in [-0.25, -0.2) is 0 Å². The summed E-state index contributed by atoms with van der Waals surface area (Å²) in [6.45, 7) is 6.09. The molecule has 0 saturated carbocycles. The van der Waals surface area contributed by atoms with E-state index in [2.05, 4.69) is 29.8 Å². The van der Waals surface area contributed by atoms with E-state index in [-0.39, 0.29) is 18.4 Å². The van der Waals surface area contributed by atoms with Crippen molar-refractivity contribution in [2.45, 2.75) is 32.7 Å². The number of carbonyl (C=O) groups is 2. The molecule has 0 aliphatic rings. The highest BCUT2D eigenvalue weighted by Crippen LogP contribution is 2.17. The smallest absolute Gasteiger partial charge is 0.241 e. The lowest BCUT2D eigenvalue weighted by atomic mass is 10.0.